The van der Waals surface area contributed by atoms with E-state index >= 15 is 0 Å². The van der Waals surface area contributed by atoms with E-state index in [-0.39, 0.29) is 5.69 Å². The Balaban J connectivity index is 1.55. The first kappa shape index (κ1) is 16.5. The summed E-state index contributed by atoms with van der Waals surface area (Å²) in [5.74, 6) is -0.376. The van der Waals surface area contributed by atoms with Gasteiger partial charge in [-0.15, -0.1) is 0 Å². The van der Waals surface area contributed by atoms with Gasteiger partial charge >= 0.3 is 0 Å². The van der Waals surface area contributed by atoms with Gasteiger partial charge in [-0.05, 0) is 30.3 Å². The van der Waals surface area contributed by atoms with Gasteiger partial charge in [-0.3, -0.25) is 25.4 Å². The maximum Gasteiger partial charge on any atom is 0.288 e. The number of amides is 2. The number of fused-ring (bicyclic) bond motifs is 1. The van der Waals surface area contributed by atoms with Gasteiger partial charge in [-0.1, -0.05) is 41.6 Å². The molecule has 2 aromatic heterocycles. The number of hydrogen-bond donors (Lipinski definition) is 2. The Labute approximate surface area is 154 Å². The van der Waals surface area contributed by atoms with Crippen LogP contribution in [0.1, 0.15) is 20.8 Å². The lowest BCUT2D eigenvalue weighted by molar-refractivity contribution is 0.0844. The Morgan fingerprint density at radius 3 is 2.41 bits per heavy atom. The number of rotatable bonds is 3. The minimum absolute atomic E-state index is 0.207. The molecule has 2 aromatic carbocycles. The molecule has 2 amide bonds. The molecular weight excluding hydrogens is 344 g/mol. The molecule has 0 spiro atoms. The van der Waals surface area contributed by atoms with Crippen molar-refractivity contribution >= 4 is 22.7 Å². The van der Waals surface area contributed by atoms with E-state index in [9.17, 15) is 9.59 Å². The molecular formula is C20H14N4O3. The highest BCUT2D eigenvalue weighted by atomic mass is 16.5. The van der Waals surface area contributed by atoms with Gasteiger partial charge in [0.2, 0.25) is 0 Å². The minimum Gasteiger partial charge on any atom is -0.355 e. The van der Waals surface area contributed by atoms with Crippen molar-refractivity contribution in [2.75, 3.05) is 0 Å². The summed E-state index contributed by atoms with van der Waals surface area (Å²) < 4.78 is 5.43. The van der Waals surface area contributed by atoms with Gasteiger partial charge in [0.15, 0.2) is 5.76 Å². The van der Waals surface area contributed by atoms with Crippen molar-refractivity contribution in [2.45, 2.75) is 0 Å². The second-order valence-electron chi connectivity index (χ2n) is 5.73. The molecule has 7 nitrogen and oxygen atoms in total. The fourth-order valence-corrected chi connectivity index (χ4v) is 2.63. The molecule has 0 atom stereocenters. The predicted molar refractivity (Wildman–Crippen MR) is 98.6 cm³/mol. The number of aromatic nitrogens is 2. The van der Waals surface area contributed by atoms with Crippen molar-refractivity contribution in [1.82, 2.24) is 21.0 Å². The fourth-order valence-electron chi connectivity index (χ4n) is 2.63. The van der Waals surface area contributed by atoms with Crippen LogP contribution in [0.4, 0.5) is 0 Å². The van der Waals surface area contributed by atoms with Crippen molar-refractivity contribution in [3.05, 3.63) is 84.2 Å². The van der Waals surface area contributed by atoms with E-state index in [2.05, 4.69) is 21.0 Å². The molecule has 4 rings (SSSR count). The SMILES string of the molecule is O=C(NNC(=O)c1ccccn1)c1ccc2noc(-c3ccccc3)c2c1. The van der Waals surface area contributed by atoms with E-state index in [0.717, 1.165) is 5.56 Å². The van der Waals surface area contributed by atoms with Crippen molar-refractivity contribution in [3.63, 3.8) is 0 Å². The van der Waals surface area contributed by atoms with Gasteiger partial charge in [-0.2, -0.15) is 0 Å². The monoisotopic (exact) mass is 358 g/mol. The summed E-state index contributed by atoms with van der Waals surface area (Å²) in [6.45, 7) is 0. The van der Waals surface area contributed by atoms with Crippen molar-refractivity contribution < 1.29 is 14.1 Å². The first-order valence-electron chi connectivity index (χ1n) is 8.19. The van der Waals surface area contributed by atoms with E-state index in [1.165, 1.54) is 6.20 Å². The molecule has 0 aliphatic carbocycles. The normalized spacial score (nSPS) is 10.5. The maximum absolute atomic E-state index is 12.4. The third-order valence-electron chi connectivity index (χ3n) is 3.96. The van der Waals surface area contributed by atoms with Crippen molar-refractivity contribution in [1.29, 1.82) is 0 Å². The molecule has 132 valence electrons. The van der Waals surface area contributed by atoms with E-state index in [1.807, 2.05) is 30.3 Å². The van der Waals surface area contributed by atoms with Gasteiger partial charge in [0.05, 0.1) is 5.39 Å². The molecule has 0 bridgehead atoms. The standard InChI is InChI=1S/C20H14N4O3/c25-19(22-23-20(26)17-8-4-5-11-21-17)14-9-10-16-15(12-14)18(27-24-16)13-6-2-1-3-7-13/h1-12H,(H,22,25)(H,23,26). The van der Waals surface area contributed by atoms with E-state index in [1.54, 1.807) is 36.4 Å². The van der Waals surface area contributed by atoms with Crippen molar-refractivity contribution in [3.8, 4) is 11.3 Å². The van der Waals surface area contributed by atoms with Crippen LogP contribution in [0.15, 0.2) is 77.4 Å². The fraction of sp³-hybridized carbons (Fsp3) is 0. The van der Waals surface area contributed by atoms with Crippen LogP contribution in [0, 0.1) is 0 Å². The average Bonchev–Trinajstić information content (AvgIpc) is 3.16. The summed E-state index contributed by atoms with van der Waals surface area (Å²) in [5, 5.41) is 4.74. The van der Waals surface area contributed by atoms with Gasteiger partial charge in [0.1, 0.15) is 11.2 Å². The lowest BCUT2D eigenvalue weighted by Gasteiger charge is -2.07. The number of hydrogen-bond acceptors (Lipinski definition) is 5. The first-order chi connectivity index (χ1) is 13.2. The second kappa shape index (κ2) is 7.09. The predicted octanol–water partition coefficient (Wildman–Crippen LogP) is 2.96. The Hall–Kier alpha value is -4.00. The summed E-state index contributed by atoms with van der Waals surface area (Å²) >= 11 is 0. The quantitative estimate of drug-likeness (QED) is 0.549. The maximum atomic E-state index is 12.4. The molecule has 0 fully saturated rings. The molecule has 2 N–H and O–H groups in total. The Bertz CT molecular complexity index is 1110. The smallest absolute Gasteiger partial charge is 0.288 e. The Morgan fingerprint density at radius 2 is 1.63 bits per heavy atom. The van der Waals surface area contributed by atoms with Crippen LogP contribution in [0.5, 0.6) is 0 Å². The minimum atomic E-state index is -0.500. The van der Waals surface area contributed by atoms with Crippen LogP contribution < -0.4 is 10.9 Å². The number of nitrogens with one attached hydrogen (secondary N) is 2. The summed E-state index contributed by atoms with van der Waals surface area (Å²) in [4.78, 5) is 28.3. The van der Waals surface area contributed by atoms with Crippen LogP contribution in [0.2, 0.25) is 0 Å². The molecule has 0 aliphatic rings. The second-order valence-corrected chi connectivity index (χ2v) is 5.73. The van der Waals surface area contributed by atoms with E-state index in [0.29, 0.717) is 22.2 Å². The summed E-state index contributed by atoms with van der Waals surface area (Å²) in [5.41, 5.74) is 6.80. The van der Waals surface area contributed by atoms with Crippen LogP contribution in [0.25, 0.3) is 22.2 Å². The molecule has 2 heterocycles. The molecule has 0 aliphatic heterocycles. The molecule has 7 heteroatoms. The molecule has 4 aromatic rings. The van der Waals surface area contributed by atoms with Gasteiger partial charge in [0.25, 0.3) is 11.8 Å². The van der Waals surface area contributed by atoms with Crippen LogP contribution in [-0.4, -0.2) is 22.0 Å². The highest BCUT2D eigenvalue weighted by molar-refractivity contribution is 6.02. The van der Waals surface area contributed by atoms with Gasteiger partial charge in [-0.25, -0.2) is 0 Å². The third kappa shape index (κ3) is 3.38. The number of carbonyl (C=O) groups is 2. The lowest BCUT2D eigenvalue weighted by atomic mass is 10.1. The Morgan fingerprint density at radius 1 is 0.852 bits per heavy atom. The number of hydrazine groups is 1. The summed E-state index contributed by atoms with van der Waals surface area (Å²) in [7, 11) is 0. The van der Waals surface area contributed by atoms with Gasteiger partial charge in [0, 0.05) is 17.3 Å². The molecule has 0 saturated carbocycles. The Kier molecular flexibility index (Phi) is 4.32. The topological polar surface area (TPSA) is 97.1 Å². The zero-order valence-corrected chi connectivity index (χ0v) is 14.0. The average molecular weight is 358 g/mol. The number of benzene rings is 2. The van der Waals surface area contributed by atoms with E-state index in [4.69, 9.17) is 4.52 Å². The zero-order chi connectivity index (χ0) is 18.6. The van der Waals surface area contributed by atoms with Crippen molar-refractivity contribution in [2.24, 2.45) is 0 Å². The molecule has 0 saturated heterocycles. The summed E-state index contributed by atoms with van der Waals surface area (Å²) in [6, 6.07) is 19.4. The first-order valence-corrected chi connectivity index (χ1v) is 8.19. The third-order valence-corrected chi connectivity index (χ3v) is 3.96. The van der Waals surface area contributed by atoms with Crippen LogP contribution >= 0.6 is 0 Å². The van der Waals surface area contributed by atoms with Crippen LogP contribution in [-0.2, 0) is 0 Å². The zero-order valence-electron chi connectivity index (χ0n) is 14.0. The molecule has 27 heavy (non-hydrogen) atoms. The highest BCUT2D eigenvalue weighted by Gasteiger charge is 2.15. The van der Waals surface area contributed by atoms with Crippen LogP contribution in [0.3, 0.4) is 0 Å². The highest BCUT2D eigenvalue weighted by Crippen LogP contribution is 2.29. The summed E-state index contributed by atoms with van der Waals surface area (Å²) in [6.07, 6.45) is 1.50. The van der Waals surface area contributed by atoms with E-state index < -0.39 is 11.8 Å². The number of pyridine rings is 1. The van der Waals surface area contributed by atoms with Gasteiger partial charge < -0.3 is 4.52 Å². The molecule has 0 unspecified atom stereocenters. The molecule has 0 radical (unpaired) electrons. The largest absolute Gasteiger partial charge is 0.355 e. The lowest BCUT2D eigenvalue weighted by Crippen LogP contribution is -2.41. The number of carbonyl (C=O) groups excluding carboxylic acids is 2. The number of nitrogens with zero attached hydrogens (tertiary/aromatic N) is 2.